The number of fused-ring (bicyclic) bond motifs is 1. The Labute approximate surface area is 158 Å². The number of nitrogens with one attached hydrogen (secondary N) is 2. The minimum absolute atomic E-state index is 0.0645. The third kappa shape index (κ3) is 3.94. The van der Waals surface area contributed by atoms with Crippen LogP contribution in [0.1, 0.15) is 66.8 Å². The van der Waals surface area contributed by atoms with Crippen molar-refractivity contribution < 1.29 is 14.7 Å². The normalized spacial score (nSPS) is 24.7. The van der Waals surface area contributed by atoms with Crippen LogP contribution < -0.4 is 16.6 Å². The van der Waals surface area contributed by atoms with Crippen LogP contribution >= 0.6 is 11.3 Å². The average Bonchev–Trinajstić information content (AvgIpc) is 2.91. The van der Waals surface area contributed by atoms with Crippen molar-refractivity contribution in [3.05, 3.63) is 16.0 Å². The number of amides is 1. The maximum absolute atomic E-state index is 12.9. The molecule has 1 saturated carbocycles. The zero-order valence-corrected chi connectivity index (χ0v) is 16.4. The molecule has 6 nitrogen and oxygen atoms in total. The molecule has 0 saturated heterocycles. The Morgan fingerprint density at radius 1 is 1.31 bits per heavy atom. The predicted octanol–water partition coefficient (Wildman–Crippen LogP) is 3.17. The SMILES string of the molecule is CC1(C)CCc2sc(NC(=O)[C@H]3CCCC[C@@H]3CNN)c(C(=O)O)c2C1. The second-order valence-electron chi connectivity index (χ2n) is 8.40. The minimum Gasteiger partial charge on any atom is -0.478 e. The van der Waals surface area contributed by atoms with Crippen LogP contribution in [0.4, 0.5) is 5.00 Å². The van der Waals surface area contributed by atoms with Gasteiger partial charge >= 0.3 is 5.97 Å². The highest BCUT2D eigenvalue weighted by Crippen LogP contribution is 2.44. The molecule has 1 fully saturated rings. The van der Waals surface area contributed by atoms with Gasteiger partial charge in [0.25, 0.3) is 0 Å². The molecule has 0 bridgehead atoms. The van der Waals surface area contributed by atoms with Gasteiger partial charge in [0, 0.05) is 17.3 Å². The number of carbonyl (C=O) groups excluding carboxylic acids is 1. The van der Waals surface area contributed by atoms with Crippen molar-refractivity contribution >= 4 is 28.2 Å². The van der Waals surface area contributed by atoms with Gasteiger partial charge in [-0.2, -0.15) is 0 Å². The van der Waals surface area contributed by atoms with Gasteiger partial charge in [0.1, 0.15) is 5.00 Å². The number of rotatable bonds is 5. The number of carboxylic acids is 1. The van der Waals surface area contributed by atoms with Gasteiger partial charge in [0.15, 0.2) is 0 Å². The Bertz CT molecular complexity index is 696. The van der Waals surface area contributed by atoms with Crippen LogP contribution in [0.2, 0.25) is 0 Å². The fourth-order valence-corrected chi connectivity index (χ4v) is 5.60. The van der Waals surface area contributed by atoms with Gasteiger partial charge < -0.3 is 10.4 Å². The molecule has 3 rings (SSSR count). The lowest BCUT2D eigenvalue weighted by atomic mass is 9.76. The number of aromatic carboxylic acids is 1. The molecule has 5 N–H and O–H groups in total. The maximum atomic E-state index is 12.9. The highest BCUT2D eigenvalue weighted by atomic mass is 32.1. The van der Waals surface area contributed by atoms with Crippen molar-refractivity contribution in [1.29, 1.82) is 0 Å². The fourth-order valence-electron chi connectivity index (χ4n) is 4.39. The number of hydrogen-bond donors (Lipinski definition) is 4. The highest BCUT2D eigenvalue weighted by Gasteiger charge is 2.35. The van der Waals surface area contributed by atoms with E-state index < -0.39 is 5.97 Å². The monoisotopic (exact) mass is 379 g/mol. The quantitative estimate of drug-likeness (QED) is 0.465. The summed E-state index contributed by atoms with van der Waals surface area (Å²) in [6, 6.07) is 0. The van der Waals surface area contributed by atoms with E-state index in [2.05, 4.69) is 24.6 Å². The van der Waals surface area contributed by atoms with Gasteiger partial charge in [-0.15, -0.1) is 11.3 Å². The zero-order valence-electron chi connectivity index (χ0n) is 15.6. The summed E-state index contributed by atoms with van der Waals surface area (Å²) in [5.74, 6) is 4.55. The van der Waals surface area contributed by atoms with E-state index in [9.17, 15) is 14.7 Å². The number of anilines is 1. The molecule has 26 heavy (non-hydrogen) atoms. The van der Waals surface area contributed by atoms with Gasteiger partial charge in [-0.25, -0.2) is 4.79 Å². The van der Waals surface area contributed by atoms with E-state index in [1.54, 1.807) is 0 Å². The summed E-state index contributed by atoms with van der Waals surface area (Å²) in [5.41, 5.74) is 4.01. The first-order chi connectivity index (χ1) is 12.3. The van der Waals surface area contributed by atoms with E-state index >= 15 is 0 Å². The smallest absolute Gasteiger partial charge is 0.339 e. The van der Waals surface area contributed by atoms with Crippen LogP contribution in [0.15, 0.2) is 0 Å². The number of nitrogens with two attached hydrogens (primary N) is 1. The molecular formula is C19H29N3O3S. The summed E-state index contributed by atoms with van der Waals surface area (Å²) in [4.78, 5) is 25.9. The minimum atomic E-state index is -0.945. The molecule has 1 amide bonds. The molecule has 144 valence electrons. The lowest BCUT2D eigenvalue weighted by Gasteiger charge is -2.30. The average molecular weight is 380 g/mol. The van der Waals surface area contributed by atoms with Crippen LogP contribution in [0.3, 0.4) is 0 Å². The van der Waals surface area contributed by atoms with Crippen LogP contribution in [0.25, 0.3) is 0 Å². The van der Waals surface area contributed by atoms with Crippen molar-refractivity contribution in [3.63, 3.8) is 0 Å². The van der Waals surface area contributed by atoms with E-state index in [1.807, 2.05) is 0 Å². The van der Waals surface area contributed by atoms with Gasteiger partial charge in [0.05, 0.1) is 5.56 Å². The maximum Gasteiger partial charge on any atom is 0.339 e. The fraction of sp³-hybridized carbons (Fsp3) is 0.684. The molecule has 1 aromatic rings. The van der Waals surface area contributed by atoms with Crippen molar-refractivity contribution in [3.8, 4) is 0 Å². The molecule has 2 atom stereocenters. The Kier molecular flexibility index (Phi) is 5.69. The summed E-state index contributed by atoms with van der Waals surface area (Å²) in [5, 5.41) is 13.2. The molecule has 0 radical (unpaired) electrons. The van der Waals surface area contributed by atoms with Crippen molar-refractivity contribution in [2.75, 3.05) is 11.9 Å². The molecule has 0 spiro atoms. The molecule has 1 heterocycles. The summed E-state index contributed by atoms with van der Waals surface area (Å²) in [7, 11) is 0. The number of aryl methyl sites for hydroxylation is 1. The Hall–Kier alpha value is -1.44. The summed E-state index contributed by atoms with van der Waals surface area (Å²) in [6.07, 6.45) is 6.62. The lowest BCUT2D eigenvalue weighted by Crippen LogP contribution is -2.39. The Morgan fingerprint density at radius 3 is 2.73 bits per heavy atom. The number of thiophene rings is 1. The largest absolute Gasteiger partial charge is 0.478 e. The first kappa shape index (κ1) is 19.3. The van der Waals surface area contributed by atoms with Crippen molar-refractivity contribution in [2.45, 2.75) is 58.8 Å². The van der Waals surface area contributed by atoms with Crippen LogP contribution in [-0.2, 0) is 17.6 Å². The van der Waals surface area contributed by atoms with Crippen LogP contribution in [0.5, 0.6) is 0 Å². The summed E-state index contributed by atoms with van der Waals surface area (Å²) >= 11 is 1.44. The lowest BCUT2D eigenvalue weighted by molar-refractivity contribution is -0.122. The number of carboxylic acid groups (broad SMARTS) is 1. The molecule has 1 aromatic heterocycles. The van der Waals surface area contributed by atoms with Crippen molar-refractivity contribution in [1.82, 2.24) is 5.43 Å². The van der Waals surface area contributed by atoms with Crippen molar-refractivity contribution in [2.24, 2.45) is 23.1 Å². The Balaban J connectivity index is 1.84. The molecule has 2 aliphatic rings. The second kappa shape index (κ2) is 7.66. The van der Waals surface area contributed by atoms with Crippen LogP contribution in [0, 0.1) is 17.3 Å². The summed E-state index contributed by atoms with van der Waals surface area (Å²) in [6.45, 7) is 4.95. The number of hydrogen-bond acceptors (Lipinski definition) is 5. The molecule has 2 aliphatic carbocycles. The van der Waals surface area contributed by atoms with E-state index in [0.29, 0.717) is 17.1 Å². The van der Waals surface area contributed by atoms with Gasteiger partial charge in [-0.05, 0) is 49.0 Å². The first-order valence-electron chi connectivity index (χ1n) is 9.44. The summed E-state index contributed by atoms with van der Waals surface area (Å²) < 4.78 is 0. The molecule has 0 unspecified atom stereocenters. The number of hydrazine groups is 1. The van der Waals surface area contributed by atoms with Gasteiger partial charge in [-0.1, -0.05) is 26.7 Å². The molecule has 0 aromatic carbocycles. The van der Waals surface area contributed by atoms with Crippen LogP contribution in [-0.4, -0.2) is 23.5 Å². The standard InChI is InChI=1S/C19H29N3O3S/c1-19(2)8-7-14-13(9-19)15(18(24)25)17(26-14)22-16(23)12-6-4-3-5-11(12)10-21-20/h11-12,21H,3-10,20H2,1-2H3,(H,22,23)(H,24,25)/t11-,12+/m1/s1. The zero-order chi connectivity index (χ0) is 18.9. The predicted molar refractivity (Wildman–Crippen MR) is 103 cm³/mol. The second-order valence-corrected chi connectivity index (χ2v) is 9.51. The highest BCUT2D eigenvalue weighted by molar-refractivity contribution is 7.17. The number of carbonyl (C=O) groups is 2. The molecule has 7 heteroatoms. The first-order valence-corrected chi connectivity index (χ1v) is 10.3. The van der Waals surface area contributed by atoms with E-state index in [4.69, 9.17) is 5.84 Å². The third-order valence-electron chi connectivity index (χ3n) is 5.85. The van der Waals surface area contributed by atoms with E-state index in [0.717, 1.165) is 55.4 Å². The van der Waals surface area contributed by atoms with E-state index in [-0.39, 0.29) is 23.2 Å². The molecule has 0 aliphatic heterocycles. The van der Waals surface area contributed by atoms with E-state index in [1.165, 1.54) is 11.3 Å². The van der Waals surface area contributed by atoms with Gasteiger partial charge in [0.2, 0.25) is 5.91 Å². The van der Waals surface area contributed by atoms with Gasteiger partial charge in [-0.3, -0.25) is 16.1 Å². The molecular weight excluding hydrogens is 350 g/mol. The third-order valence-corrected chi connectivity index (χ3v) is 7.06. The topological polar surface area (TPSA) is 104 Å². The Morgan fingerprint density at radius 2 is 2.04 bits per heavy atom.